The number of nitrogens with zero attached hydrogens (tertiary/aromatic N) is 1. The third kappa shape index (κ3) is 2.54. The predicted octanol–water partition coefficient (Wildman–Crippen LogP) is 1.94. The molecule has 1 atom stereocenters. The first kappa shape index (κ1) is 11.0. The van der Waals surface area contributed by atoms with Gasteiger partial charge in [-0.25, -0.2) is 8.78 Å². The fourth-order valence-electron chi connectivity index (χ4n) is 2.54. The van der Waals surface area contributed by atoms with E-state index in [0.29, 0.717) is 12.2 Å². The van der Waals surface area contributed by atoms with Crippen molar-refractivity contribution >= 4 is 5.78 Å². The van der Waals surface area contributed by atoms with Crippen molar-refractivity contribution in [2.75, 3.05) is 19.6 Å². The van der Waals surface area contributed by atoms with E-state index in [1.165, 1.54) is 0 Å². The monoisotopic (exact) mass is 217 g/mol. The Hall–Kier alpha value is -0.510. The number of hydrogen-bond donors (Lipinski definition) is 0. The summed E-state index contributed by atoms with van der Waals surface area (Å²) < 4.78 is 25.2. The molecule has 0 aromatic rings. The van der Waals surface area contributed by atoms with E-state index in [1.54, 1.807) is 0 Å². The number of halogens is 2. The number of alkyl halides is 2. The number of carbonyl (C=O) groups excluding carboxylic acids is 1. The zero-order chi connectivity index (χ0) is 11.1. The van der Waals surface area contributed by atoms with E-state index in [2.05, 4.69) is 4.90 Å². The summed E-state index contributed by atoms with van der Waals surface area (Å²) in [5.41, 5.74) is 0. The minimum atomic E-state index is -2.41. The van der Waals surface area contributed by atoms with Crippen LogP contribution in [0, 0.1) is 11.8 Å². The van der Waals surface area contributed by atoms with Crippen LogP contribution in [0.5, 0.6) is 0 Å². The van der Waals surface area contributed by atoms with Crippen LogP contribution in [0.4, 0.5) is 8.78 Å². The van der Waals surface area contributed by atoms with E-state index in [9.17, 15) is 13.6 Å². The number of likely N-dealkylation sites (tertiary alicyclic amines) is 1. The summed E-state index contributed by atoms with van der Waals surface area (Å²) in [6.07, 6.45) is 0.655. The van der Waals surface area contributed by atoms with Gasteiger partial charge in [0, 0.05) is 44.8 Å². The Labute approximate surface area is 88.6 Å². The van der Waals surface area contributed by atoms with Crippen LogP contribution in [-0.2, 0) is 4.79 Å². The molecule has 2 fully saturated rings. The summed E-state index contributed by atoms with van der Waals surface area (Å²) in [5, 5.41) is 0. The molecule has 2 rings (SSSR count). The van der Waals surface area contributed by atoms with Gasteiger partial charge in [-0.1, -0.05) is 6.92 Å². The van der Waals surface area contributed by atoms with Crippen molar-refractivity contribution in [3.63, 3.8) is 0 Å². The standard InChI is InChI=1S/C11H17F2NO/c1-8-6-14(3-2-10(8)15)7-9-4-11(12,13)5-9/h8-9H,2-7H2,1H3/t8-/m1/s1. The molecule has 1 aliphatic heterocycles. The van der Waals surface area contributed by atoms with Gasteiger partial charge in [0.15, 0.2) is 0 Å². The average Bonchev–Trinajstić information content (AvgIpc) is 2.08. The largest absolute Gasteiger partial charge is 0.302 e. The van der Waals surface area contributed by atoms with Crippen molar-refractivity contribution in [3.05, 3.63) is 0 Å². The molecule has 0 N–H and O–H groups in total. The fourth-order valence-corrected chi connectivity index (χ4v) is 2.54. The van der Waals surface area contributed by atoms with Crippen LogP contribution in [0.2, 0.25) is 0 Å². The SMILES string of the molecule is C[C@@H]1CN(CC2CC(F)(F)C2)CCC1=O. The maximum Gasteiger partial charge on any atom is 0.248 e. The highest BCUT2D eigenvalue weighted by Gasteiger charge is 2.45. The van der Waals surface area contributed by atoms with Gasteiger partial charge in [0.25, 0.3) is 0 Å². The lowest BCUT2D eigenvalue weighted by Crippen LogP contribution is -2.47. The van der Waals surface area contributed by atoms with Crippen molar-refractivity contribution in [1.29, 1.82) is 0 Å². The molecule has 0 bridgehead atoms. The molecule has 86 valence electrons. The summed E-state index contributed by atoms with van der Waals surface area (Å²) in [5.74, 6) is -1.88. The van der Waals surface area contributed by atoms with Crippen molar-refractivity contribution in [2.45, 2.75) is 32.1 Å². The molecule has 15 heavy (non-hydrogen) atoms. The van der Waals surface area contributed by atoms with Gasteiger partial charge < -0.3 is 4.90 Å². The van der Waals surface area contributed by atoms with Gasteiger partial charge in [0.2, 0.25) is 5.92 Å². The topological polar surface area (TPSA) is 20.3 Å². The first-order valence-corrected chi connectivity index (χ1v) is 5.59. The molecule has 1 heterocycles. The molecule has 0 spiro atoms. The highest BCUT2D eigenvalue weighted by molar-refractivity contribution is 5.81. The molecule has 1 saturated carbocycles. The van der Waals surface area contributed by atoms with Gasteiger partial charge in [-0.3, -0.25) is 4.79 Å². The summed E-state index contributed by atoms with van der Waals surface area (Å²) in [6, 6.07) is 0. The lowest BCUT2D eigenvalue weighted by Gasteiger charge is -2.40. The molecule has 0 aromatic carbocycles. The second-order valence-corrected chi connectivity index (χ2v) is 5.01. The molecule has 0 unspecified atom stereocenters. The Balaban J connectivity index is 1.75. The van der Waals surface area contributed by atoms with Crippen LogP contribution in [0.25, 0.3) is 0 Å². The molecular weight excluding hydrogens is 200 g/mol. The van der Waals surface area contributed by atoms with Crippen molar-refractivity contribution in [3.8, 4) is 0 Å². The van der Waals surface area contributed by atoms with Crippen LogP contribution < -0.4 is 0 Å². The molecule has 0 amide bonds. The van der Waals surface area contributed by atoms with Gasteiger partial charge in [-0.2, -0.15) is 0 Å². The Morgan fingerprint density at radius 2 is 2.13 bits per heavy atom. The Kier molecular flexibility index (Phi) is 2.79. The van der Waals surface area contributed by atoms with Crippen LogP contribution in [-0.4, -0.2) is 36.2 Å². The normalized spacial score (nSPS) is 32.7. The minimum absolute atomic E-state index is 0.0336. The van der Waals surface area contributed by atoms with Crippen LogP contribution in [0.15, 0.2) is 0 Å². The number of piperidine rings is 1. The third-order valence-electron chi connectivity index (χ3n) is 3.45. The van der Waals surface area contributed by atoms with Gasteiger partial charge in [0.05, 0.1) is 0 Å². The molecule has 0 aromatic heterocycles. The summed E-state index contributed by atoms with van der Waals surface area (Å²) >= 11 is 0. The molecule has 1 aliphatic carbocycles. The van der Waals surface area contributed by atoms with Crippen molar-refractivity contribution < 1.29 is 13.6 Å². The van der Waals surface area contributed by atoms with E-state index in [4.69, 9.17) is 0 Å². The van der Waals surface area contributed by atoms with Crippen molar-refractivity contribution in [2.24, 2.45) is 11.8 Å². The highest BCUT2D eigenvalue weighted by atomic mass is 19.3. The molecule has 4 heteroatoms. The maximum atomic E-state index is 12.6. The number of rotatable bonds is 2. The lowest BCUT2D eigenvalue weighted by atomic mass is 9.80. The van der Waals surface area contributed by atoms with E-state index in [0.717, 1.165) is 19.6 Å². The fraction of sp³-hybridized carbons (Fsp3) is 0.909. The first-order chi connectivity index (χ1) is 6.96. The summed E-state index contributed by atoms with van der Waals surface area (Å²) in [7, 11) is 0. The van der Waals surface area contributed by atoms with Crippen LogP contribution >= 0.6 is 0 Å². The quantitative estimate of drug-likeness (QED) is 0.704. The van der Waals surface area contributed by atoms with E-state index in [1.807, 2.05) is 6.92 Å². The van der Waals surface area contributed by atoms with Crippen molar-refractivity contribution in [1.82, 2.24) is 4.90 Å². The minimum Gasteiger partial charge on any atom is -0.302 e. The highest BCUT2D eigenvalue weighted by Crippen LogP contribution is 2.42. The first-order valence-electron chi connectivity index (χ1n) is 5.59. The predicted molar refractivity (Wildman–Crippen MR) is 52.9 cm³/mol. The number of ketones is 1. The molecule has 2 aliphatic rings. The maximum absolute atomic E-state index is 12.6. The smallest absolute Gasteiger partial charge is 0.248 e. The molecule has 1 saturated heterocycles. The van der Waals surface area contributed by atoms with E-state index < -0.39 is 5.92 Å². The Morgan fingerprint density at radius 1 is 1.47 bits per heavy atom. The van der Waals surface area contributed by atoms with Gasteiger partial charge in [-0.05, 0) is 5.92 Å². The Morgan fingerprint density at radius 3 is 2.67 bits per heavy atom. The lowest BCUT2D eigenvalue weighted by molar-refractivity contribution is -0.130. The van der Waals surface area contributed by atoms with Gasteiger partial charge >= 0.3 is 0 Å². The van der Waals surface area contributed by atoms with E-state index in [-0.39, 0.29) is 24.7 Å². The number of hydrogen-bond acceptors (Lipinski definition) is 2. The molecular formula is C11H17F2NO. The molecule has 0 radical (unpaired) electrons. The summed E-state index contributed by atoms with van der Waals surface area (Å²) in [4.78, 5) is 13.4. The van der Waals surface area contributed by atoms with Gasteiger partial charge in [-0.15, -0.1) is 0 Å². The van der Waals surface area contributed by atoms with Crippen LogP contribution in [0.3, 0.4) is 0 Å². The number of carbonyl (C=O) groups is 1. The van der Waals surface area contributed by atoms with E-state index >= 15 is 0 Å². The summed E-state index contributed by atoms with van der Waals surface area (Å²) in [6.45, 7) is 4.17. The Bertz CT molecular complexity index is 259. The number of Topliss-reactive ketones (excluding diaryl/α,β-unsaturated/α-hetero) is 1. The molecule has 2 nitrogen and oxygen atoms in total. The zero-order valence-electron chi connectivity index (χ0n) is 9.01. The second-order valence-electron chi connectivity index (χ2n) is 5.01. The average molecular weight is 217 g/mol. The zero-order valence-corrected chi connectivity index (χ0v) is 9.01. The third-order valence-corrected chi connectivity index (χ3v) is 3.45. The van der Waals surface area contributed by atoms with Gasteiger partial charge in [0.1, 0.15) is 5.78 Å². The van der Waals surface area contributed by atoms with Crippen LogP contribution in [0.1, 0.15) is 26.2 Å². The second kappa shape index (κ2) is 3.81.